The van der Waals surface area contributed by atoms with Crippen LogP contribution in [0, 0.1) is 0 Å². The van der Waals surface area contributed by atoms with Gasteiger partial charge in [-0.3, -0.25) is 9.59 Å². The van der Waals surface area contributed by atoms with Crippen LogP contribution in [0.5, 0.6) is 0 Å². The minimum atomic E-state index is -0.949. The fourth-order valence-corrected chi connectivity index (χ4v) is 3.48. The van der Waals surface area contributed by atoms with Gasteiger partial charge in [-0.25, -0.2) is 0 Å². The van der Waals surface area contributed by atoms with Gasteiger partial charge in [-0.15, -0.1) is 0 Å². The van der Waals surface area contributed by atoms with Gasteiger partial charge in [-0.05, 0) is 37.7 Å². The predicted octanol–water partition coefficient (Wildman–Crippen LogP) is 1.98. The van der Waals surface area contributed by atoms with E-state index in [1.54, 1.807) is 18.3 Å². The van der Waals surface area contributed by atoms with Crippen molar-refractivity contribution in [1.29, 1.82) is 0 Å². The standard InChI is InChI=1S/C14H20N2O3S/c1-20-11-5-2-4-10(8-11)15-14(19)12-6-3-7-16(12)9-13(17)18/h3,6-7,10-11H,2,4-5,8-9H2,1H3,(H,15,19)(H,17,18). The molecule has 110 valence electrons. The Bertz CT molecular complexity index is 487. The molecule has 0 spiro atoms. The lowest BCUT2D eigenvalue weighted by molar-refractivity contribution is -0.137. The molecule has 1 fully saturated rings. The third-order valence-electron chi connectivity index (χ3n) is 3.66. The van der Waals surface area contributed by atoms with E-state index in [0.717, 1.165) is 19.3 Å². The fourth-order valence-electron chi connectivity index (χ4n) is 2.65. The first-order valence-electron chi connectivity index (χ1n) is 6.80. The van der Waals surface area contributed by atoms with Gasteiger partial charge in [0.25, 0.3) is 5.91 Å². The number of amides is 1. The highest BCUT2D eigenvalue weighted by molar-refractivity contribution is 7.99. The Morgan fingerprint density at radius 2 is 2.30 bits per heavy atom. The van der Waals surface area contributed by atoms with Gasteiger partial charge in [0, 0.05) is 17.5 Å². The molecule has 2 N–H and O–H groups in total. The molecule has 5 nitrogen and oxygen atoms in total. The zero-order chi connectivity index (χ0) is 14.5. The van der Waals surface area contributed by atoms with Gasteiger partial charge < -0.3 is 15.0 Å². The second-order valence-electron chi connectivity index (χ2n) is 5.11. The second-order valence-corrected chi connectivity index (χ2v) is 6.25. The number of carbonyl (C=O) groups excluding carboxylic acids is 1. The molecule has 2 unspecified atom stereocenters. The van der Waals surface area contributed by atoms with Crippen LogP contribution < -0.4 is 5.32 Å². The first-order chi connectivity index (χ1) is 9.60. The van der Waals surface area contributed by atoms with E-state index >= 15 is 0 Å². The molecule has 1 aromatic heterocycles. The lowest BCUT2D eigenvalue weighted by atomic mass is 9.95. The summed E-state index contributed by atoms with van der Waals surface area (Å²) in [7, 11) is 0. The van der Waals surface area contributed by atoms with Gasteiger partial charge in [0.2, 0.25) is 0 Å². The van der Waals surface area contributed by atoms with Gasteiger partial charge in [0.1, 0.15) is 12.2 Å². The van der Waals surface area contributed by atoms with Crippen molar-refractivity contribution in [1.82, 2.24) is 9.88 Å². The van der Waals surface area contributed by atoms with Crippen molar-refractivity contribution in [2.45, 2.75) is 43.5 Å². The Morgan fingerprint density at radius 1 is 1.50 bits per heavy atom. The Balaban J connectivity index is 1.98. The first-order valence-corrected chi connectivity index (χ1v) is 8.09. The predicted molar refractivity (Wildman–Crippen MR) is 79.1 cm³/mol. The average molecular weight is 296 g/mol. The third-order valence-corrected chi connectivity index (χ3v) is 4.76. The molecule has 1 aliphatic rings. The lowest BCUT2D eigenvalue weighted by Gasteiger charge is -2.28. The van der Waals surface area contributed by atoms with Crippen LogP contribution in [0.25, 0.3) is 0 Å². The molecule has 0 saturated heterocycles. The maximum atomic E-state index is 12.2. The summed E-state index contributed by atoms with van der Waals surface area (Å²) >= 11 is 1.85. The SMILES string of the molecule is CSC1CCCC(NC(=O)c2cccn2CC(=O)O)C1. The zero-order valence-corrected chi connectivity index (χ0v) is 12.4. The molecular formula is C14H20N2O3S. The normalized spacial score (nSPS) is 22.4. The van der Waals surface area contributed by atoms with Crippen molar-refractivity contribution in [3.8, 4) is 0 Å². The van der Waals surface area contributed by atoms with E-state index in [1.807, 2.05) is 11.8 Å². The van der Waals surface area contributed by atoms with Crippen LogP contribution in [0.2, 0.25) is 0 Å². The van der Waals surface area contributed by atoms with Crippen molar-refractivity contribution >= 4 is 23.6 Å². The van der Waals surface area contributed by atoms with E-state index in [2.05, 4.69) is 11.6 Å². The molecule has 0 bridgehead atoms. The molecule has 6 heteroatoms. The summed E-state index contributed by atoms with van der Waals surface area (Å²) < 4.78 is 1.46. The minimum absolute atomic E-state index is 0.178. The summed E-state index contributed by atoms with van der Waals surface area (Å²) in [5.74, 6) is -1.13. The Kier molecular flexibility index (Phi) is 5.11. The molecule has 1 amide bonds. The molecular weight excluding hydrogens is 276 g/mol. The topological polar surface area (TPSA) is 71.3 Å². The van der Waals surface area contributed by atoms with Crippen LogP contribution in [0.15, 0.2) is 18.3 Å². The maximum absolute atomic E-state index is 12.2. The third kappa shape index (κ3) is 3.79. The zero-order valence-electron chi connectivity index (χ0n) is 11.5. The number of aromatic nitrogens is 1. The number of rotatable bonds is 5. The first kappa shape index (κ1) is 15.0. The number of hydrogen-bond donors (Lipinski definition) is 2. The number of thioether (sulfide) groups is 1. The summed E-state index contributed by atoms with van der Waals surface area (Å²) in [6.07, 6.45) is 8.06. The van der Waals surface area contributed by atoms with Crippen LogP contribution in [-0.2, 0) is 11.3 Å². The van der Waals surface area contributed by atoms with Gasteiger partial charge in [-0.1, -0.05) is 6.42 Å². The van der Waals surface area contributed by atoms with E-state index < -0.39 is 5.97 Å². The molecule has 1 heterocycles. The highest BCUT2D eigenvalue weighted by atomic mass is 32.2. The van der Waals surface area contributed by atoms with Crippen molar-refractivity contribution in [3.05, 3.63) is 24.0 Å². The van der Waals surface area contributed by atoms with Crippen LogP contribution in [0.3, 0.4) is 0 Å². The van der Waals surface area contributed by atoms with Crippen molar-refractivity contribution in [3.63, 3.8) is 0 Å². The Hall–Kier alpha value is -1.43. The number of aliphatic carboxylic acids is 1. The second kappa shape index (κ2) is 6.83. The molecule has 1 saturated carbocycles. The maximum Gasteiger partial charge on any atom is 0.323 e. The van der Waals surface area contributed by atoms with E-state index in [4.69, 9.17) is 5.11 Å². The molecule has 0 aromatic carbocycles. The van der Waals surface area contributed by atoms with Crippen LogP contribution in [0.4, 0.5) is 0 Å². The highest BCUT2D eigenvalue weighted by Crippen LogP contribution is 2.27. The molecule has 2 atom stereocenters. The Morgan fingerprint density at radius 3 is 3.00 bits per heavy atom. The van der Waals surface area contributed by atoms with Gasteiger partial charge in [0.05, 0.1) is 0 Å². The number of carboxylic acids is 1. The number of carboxylic acid groups (broad SMARTS) is 1. The van der Waals surface area contributed by atoms with E-state index in [1.165, 1.54) is 11.0 Å². The van der Waals surface area contributed by atoms with Crippen LogP contribution in [-0.4, -0.2) is 39.1 Å². The quantitative estimate of drug-likeness (QED) is 0.871. The van der Waals surface area contributed by atoms with Gasteiger partial charge in [0.15, 0.2) is 0 Å². The van der Waals surface area contributed by atoms with E-state index in [0.29, 0.717) is 10.9 Å². The van der Waals surface area contributed by atoms with Crippen LogP contribution >= 0.6 is 11.8 Å². The Labute approximate surface area is 122 Å². The van der Waals surface area contributed by atoms with Crippen molar-refractivity contribution in [2.24, 2.45) is 0 Å². The summed E-state index contributed by atoms with van der Waals surface area (Å²) in [5.41, 5.74) is 0.415. The molecule has 20 heavy (non-hydrogen) atoms. The number of carbonyl (C=O) groups is 2. The summed E-state index contributed by atoms with van der Waals surface area (Å²) in [5, 5.41) is 12.5. The highest BCUT2D eigenvalue weighted by Gasteiger charge is 2.24. The number of hydrogen-bond acceptors (Lipinski definition) is 3. The molecule has 0 aliphatic heterocycles. The molecule has 1 aromatic rings. The van der Waals surface area contributed by atoms with Gasteiger partial charge in [-0.2, -0.15) is 11.8 Å². The number of nitrogens with zero attached hydrogens (tertiary/aromatic N) is 1. The van der Waals surface area contributed by atoms with Gasteiger partial charge >= 0.3 is 5.97 Å². The van der Waals surface area contributed by atoms with E-state index in [-0.39, 0.29) is 18.5 Å². The lowest BCUT2D eigenvalue weighted by Crippen LogP contribution is -2.40. The summed E-state index contributed by atoms with van der Waals surface area (Å²) in [6, 6.07) is 3.55. The molecule has 1 aliphatic carbocycles. The fraction of sp³-hybridized carbons (Fsp3) is 0.571. The van der Waals surface area contributed by atoms with Crippen LogP contribution in [0.1, 0.15) is 36.2 Å². The summed E-state index contributed by atoms with van der Waals surface area (Å²) in [6.45, 7) is -0.187. The van der Waals surface area contributed by atoms with Crippen molar-refractivity contribution in [2.75, 3.05) is 6.26 Å². The number of nitrogens with one attached hydrogen (secondary N) is 1. The molecule has 0 radical (unpaired) electrons. The largest absolute Gasteiger partial charge is 0.480 e. The van der Waals surface area contributed by atoms with E-state index in [9.17, 15) is 9.59 Å². The molecule has 2 rings (SSSR count). The monoisotopic (exact) mass is 296 g/mol. The van der Waals surface area contributed by atoms with Crippen molar-refractivity contribution < 1.29 is 14.7 Å². The smallest absolute Gasteiger partial charge is 0.323 e. The average Bonchev–Trinajstić information content (AvgIpc) is 2.86. The minimum Gasteiger partial charge on any atom is -0.480 e. The summed E-state index contributed by atoms with van der Waals surface area (Å²) in [4.78, 5) is 23.0.